The molecule has 2 aromatic heterocycles. The van der Waals surface area contributed by atoms with Crippen molar-refractivity contribution in [1.82, 2.24) is 19.8 Å². The number of carbonyl (C=O) groups excluding carboxylic acids is 3. The van der Waals surface area contributed by atoms with Gasteiger partial charge in [-0.2, -0.15) is 0 Å². The highest BCUT2D eigenvalue weighted by atomic mass is 16.6. The van der Waals surface area contributed by atoms with Crippen LogP contribution in [0.15, 0.2) is 71.3 Å². The summed E-state index contributed by atoms with van der Waals surface area (Å²) in [6.07, 6.45) is 1.27. The van der Waals surface area contributed by atoms with Crippen molar-refractivity contribution in [2.45, 2.75) is 58.8 Å². The van der Waals surface area contributed by atoms with Gasteiger partial charge in [-0.1, -0.05) is 31.2 Å². The topological polar surface area (TPSA) is 137 Å². The van der Waals surface area contributed by atoms with Crippen molar-refractivity contribution in [3.63, 3.8) is 0 Å². The molecule has 0 radical (unpaired) electrons. The van der Waals surface area contributed by atoms with Crippen molar-refractivity contribution in [2.24, 2.45) is 0 Å². The maximum atomic E-state index is 14.8. The number of methoxy groups -OCH3 is 3. The molecule has 3 heterocycles. The SMILES string of the molecule is CCC(=O)C(C(=O)c1nc(-c2ccnc(OC)c2)oc1N(Cc1ccc(OC)cc1)Cc1ccc(OC)cc1)N1CCN(C(=O)OC(C)(C)C)CC1. The van der Waals surface area contributed by atoms with E-state index in [-0.39, 0.29) is 29.7 Å². The summed E-state index contributed by atoms with van der Waals surface area (Å²) >= 11 is 0. The molecule has 1 atom stereocenters. The Balaban J connectivity index is 1.56. The lowest BCUT2D eigenvalue weighted by atomic mass is 10.00. The average molecular weight is 714 g/mol. The Kier molecular flexibility index (Phi) is 12.2. The van der Waals surface area contributed by atoms with Crippen molar-refractivity contribution in [2.75, 3.05) is 52.4 Å². The lowest BCUT2D eigenvalue weighted by Crippen LogP contribution is -2.57. The Morgan fingerprint density at radius 2 is 1.42 bits per heavy atom. The molecule has 2 aromatic carbocycles. The summed E-state index contributed by atoms with van der Waals surface area (Å²) in [7, 11) is 4.73. The van der Waals surface area contributed by atoms with Gasteiger partial charge in [-0.3, -0.25) is 14.5 Å². The molecule has 4 aromatic rings. The molecule has 1 unspecified atom stereocenters. The molecule has 5 rings (SSSR count). The number of anilines is 1. The maximum absolute atomic E-state index is 14.8. The largest absolute Gasteiger partial charge is 0.497 e. The van der Waals surface area contributed by atoms with E-state index >= 15 is 0 Å². The zero-order valence-corrected chi connectivity index (χ0v) is 30.9. The quantitative estimate of drug-likeness (QED) is 0.111. The first kappa shape index (κ1) is 37.8. The first-order valence-corrected chi connectivity index (χ1v) is 17.2. The number of oxazole rings is 1. The third kappa shape index (κ3) is 9.26. The molecular weight excluding hydrogens is 666 g/mol. The number of benzene rings is 2. The number of hydrogen-bond donors (Lipinski definition) is 0. The standard InChI is InChI=1S/C39H47N5O8/c1-8-31(45)34(42-19-21-43(22-20-42)38(47)52-39(2,3)4)35(46)33-37(51-36(41-33)28-17-18-40-32(23-28)50-7)44(24-26-9-13-29(48-5)14-10-26)25-27-11-15-30(49-6)16-12-27/h9-18,23,34H,8,19-22,24-25H2,1-7H3. The van der Waals surface area contributed by atoms with Crippen LogP contribution in [-0.2, 0) is 22.6 Å². The predicted octanol–water partition coefficient (Wildman–Crippen LogP) is 6.05. The highest BCUT2D eigenvalue weighted by Gasteiger charge is 2.39. The van der Waals surface area contributed by atoms with Gasteiger partial charge in [0.15, 0.2) is 11.5 Å². The lowest BCUT2D eigenvalue weighted by molar-refractivity contribution is -0.122. The van der Waals surface area contributed by atoms with Crippen LogP contribution in [0.5, 0.6) is 17.4 Å². The molecule has 1 amide bonds. The van der Waals surface area contributed by atoms with Crippen LogP contribution < -0.4 is 19.1 Å². The minimum absolute atomic E-state index is 0.0224. The fourth-order valence-corrected chi connectivity index (χ4v) is 5.89. The van der Waals surface area contributed by atoms with Crippen molar-refractivity contribution in [3.8, 4) is 28.8 Å². The molecule has 0 spiro atoms. The van der Waals surface area contributed by atoms with Gasteiger partial charge in [-0.25, -0.2) is 14.8 Å². The molecule has 13 nitrogen and oxygen atoms in total. The molecule has 0 N–H and O–H groups in total. The highest BCUT2D eigenvalue weighted by molar-refractivity contribution is 6.15. The van der Waals surface area contributed by atoms with Crippen LogP contribution >= 0.6 is 0 Å². The van der Waals surface area contributed by atoms with Crippen LogP contribution in [0.2, 0.25) is 0 Å². The number of ether oxygens (including phenoxy) is 4. The molecule has 1 fully saturated rings. The zero-order chi connectivity index (χ0) is 37.4. The van der Waals surface area contributed by atoms with Gasteiger partial charge in [0.05, 0.1) is 21.3 Å². The molecule has 0 bridgehead atoms. The Labute approximate surface area is 304 Å². The Morgan fingerprint density at radius 1 is 0.846 bits per heavy atom. The van der Waals surface area contributed by atoms with Gasteiger partial charge in [-0.15, -0.1) is 0 Å². The van der Waals surface area contributed by atoms with E-state index in [1.807, 2.05) is 79.1 Å². The van der Waals surface area contributed by atoms with Crippen molar-refractivity contribution in [1.29, 1.82) is 0 Å². The number of Topliss-reactive ketones (excluding diaryl/α,β-unsaturated/α-hetero) is 2. The van der Waals surface area contributed by atoms with Crippen molar-refractivity contribution < 1.29 is 37.7 Å². The maximum Gasteiger partial charge on any atom is 0.410 e. The molecular formula is C39H47N5O8. The summed E-state index contributed by atoms with van der Waals surface area (Å²) in [5.74, 6) is 1.41. The molecule has 52 heavy (non-hydrogen) atoms. The van der Waals surface area contributed by atoms with E-state index in [0.29, 0.717) is 62.2 Å². The monoisotopic (exact) mass is 713 g/mol. The highest BCUT2D eigenvalue weighted by Crippen LogP contribution is 2.34. The first-order valence-electron chi connectivity index (χ1n) is 17.2. The van der Waals surface area contributed by atoms with E-state index in [1.54, 1.807) is 44.4 Å². The van der Waals surface area contributed by atoms with Gasteiger partial charge in [0.1, 0.15) is 23.1 Å². The molecule has 0 aliphatic carbocycles. The molecule has 1 aliphatic heterocycles. The summed E-state index contributed by atoms with van der Waals surface area (Å²) in [4.78, 5) is 55.7. The number of rotatable bonds is 14. The van der Waals surface area contributed by atoms with Gasteiger partial charge < -0.3 is 33.2 Å². The third-order valence-corrected chi connectivity index (χ3v) is 8.62. The van der Waals surface area contributed by atoms with E-state index in [2.05, 4.69) is 4.98 Å². The fraction of sp³-hybridized carbons (Fsp3) is 0.410. The number of pyridine rings is 1. The van der Waals surface area contributed by atoms with Crippen molar-refractivity contribution in [3.05, 3.63) is 83.7 Å². The summed E-state index contributed by atoms with van der Waals surface area (Å²) < 4.78 is 28.2. The van der Waals surface area contributed by atoms with Gasteiger partial charge >= 0.3 is 6.09 Å². The number of amides is 1. The van der Waals surface area contributed by atoms with Crippen LogP contribution in [0.1, 0.15) is 55.7 Å². The molecule has 13 heteroatoms. The lowest BCUT2D eigenvalue weighted by Gasteiger charge is -2.38. The van der Waals surface area contributed by atoms with E-state index in [9.17, 15) is 14.4 Å². The molecule has 1 saturated heterocycles. The average Bonchev–Trinajstić information content (AvgIpc) is 3.60. The van der Waals surface area contributed by atoms with Crippen molar-refractivity contribution >= 4 is 23.5 Å². The Hall–Kier alpha value is -5.43. The second kappa shape index (κ2) is 16.7. The number of hydrogen-bond acceptors (Lipinski definition) is 12. The van der Waals surface area contributed by atoms with E-state index in [0.717, 1.165) is 11.1 Å². The number of ketones is 2. The Bertz CT molecular complexity index is 1780. The fourth-order valence-electron chi connectivity index (χ4n) is 5.89. The van der Waals surface area contributed by atoms with Crippen LogP contribution in [0.3, 0.4) is 0 Å². The van der Waals surface area contributed by atoms with Crippen LogP contribution in [0.25, 0.3) is 11.5 Å². The number of piperazine rings is 1. The zero-order valence-electron chi connectivity index (χ0n) is 30.9. The minimum Gasteiger partial charge on any atom is -0.497 e. The van der Waals surface area contributed by atoms with Gasteiger partial charge in [0.25, 0.3) is 0 Å². The summed E-state index contributed by atoms with van der Waals surface area (Å²) in [6, 6.07) is 17.5. The van der Waals surface area contributed by atoms with Crippen LogP contribution in [0, 0.1) is 0 Å². The molecule has 0 saturated carbocycles. The van der Waals surface area contributed by atoms with Crippen LogP contribution in [-0.4, -0.2) is 96.6 Å². The van der Waals surface area contributed by atoms with Gasteiger partial charge in [0, 0.05) is 63.5 Å². The number of aromatic nitrogens is 2. The predicted molar refractivity (Wildman–Crippen MR) is 195 cm³/mol. The smallest absolute Gasteiger partial charge is 0.410 e. The van der Waals surface area contributed by atoms with E-state index < -0.39 is 23.5 Å². The second-order valence-corrected chi connectivity index (χ2v) is 13.4. The van der Waals surface area contributed by atoms with E-state index in [4.69, 9.17) is 28.3 Å². The molecule has 1 aliphatic rings. The second-order valence-electron chi connectivity index (χ2n) is 13.4. The normalized spacial score (nSPS) is 14.0. The third-order valence-electron chi connectivity index (χ3n) is 8.62. The first-order chi connectivity index (χ1) is 24.9. The minimum atomic E-state index is -1.14. The van der Waals surface area contributed by atoms with Crippen LogP contribution in [0.4, 0.5) is 10.7 Å². The summed E-state index contributed by atoms with van der Waals surface area (Å²) in [5.41, 5.74) is 1.78. The Morgan fingerprint density at radius 3 is 1.92 bits per heavy atom. The van der Waals surface area contributed by atoms with E-state index in [1.165, 1.54) is 7.11 Å². The summed E-state index contributed by atoms with van der Waals surface area (Å²) in [5, 5.41) is 0. The van der Waals surface area contributed by atoms with Gasteiger partial charge in [-0.05, 0) is 62.2 Å². The van der Waals surface area contributed by atoms with Gasteiger partial charge in [0.2, 0.25) is 23.4 Å². The number of nitrogens with zero attached hydrogens (tertiary/aromatic N) is 5. The number of carbonyl (C=O) groups is 3. The summed E-state index contributed by atoms with van der Waals surface area (Å²) in [6.45, 7) is 9.04. The molecule has 276 valence electrons.